The van der Waals surface area contributed by atoms with Crippen LogP contribution in [0.2, 0.25) is 0 Å². The Morgan fingerprint density at radius 1 is 1.17 bits per heavy atom. The van der Waals surface area contributed by atoms with Crippen LogP contribution in [-0.2, 0) is 4.79 Å². The molecule has 2 N–H and O–H groups in total. The molecule has 1 amide bonds. The number of hydrogen-bond donors (Lipinski definition) is 1. The van der Waals surface area contributed by atoms with Crippen LogP contribution in [-0.4, -0.2) is 11.5 Å². The number of amides is 1. The number of ether oxygens (including phenoxy) is 1. The average Bonchev–Trinajstić information content (AvgIpc) is 2.49. The standard InChI is InChI=1S/C18H19FN2O2/c1-10-9-14-16(11(2)15(10)20)23-18(3,4)17(22)21(14)13-7-5-12(19)6-8-13/h5-9H,20H2,1-4H3. The van der Waals surface area contributed by atoms with Gasteiger partial charge in [0.05, 0.1) is 5.69 Å². The van der Waals surface area contributed by atoms with Gasteiger partial charge in [0.2, 0.25) is 0 Å². The van der Waals surface area contributed by atoms with Crippen molar-refractivity contribution in [3.8, 4) is 5.75 Å². The van der Waals surface area contributed by atoms with E-state index < -0.39 is 5.60 Å². The van der Waals surface area contributed by atoms with Gasteiger partial charge in [-0.3, -0.25) is 9.69 Å². The zero-order valence-corrected chi connectivity index (χ0v) is 13.6. The largest absolute Gasteiger partial charge is 0.475 e. The van der Waals surface area contributed by atoms with Gasteiger partial charge in [0.1, 0.15) is 11.6 Å². The van der Waals surface area contributed by atoms with Crippen molar-refractivity contribution in [1.82, 2.24) is 0 Å². The molecule has 5 heteroatoms. The Morgan fingerprint density at radius 3 is 2.39 bits per heavy atom. The Morgan fingerprint density at radius 2 is 1.78 bits per heavy atom. The van der Waals surface area contributed by atoms with Crippen molar-refractivity contribution in [1.29, 1.82) is 0 Å². The highest BCUT2D eigenvalue weighted by molar-refractivity contribution is 6.08. The number of fused-ring (bicyclic) bond motifs is 1. The predicted molar refractivity (Wildman–Crippen MR) is 88.6 cm³/mol. The first kappa shape index (κ1) is 15.3. The molecule has 23 heavy (non-hydrogen) atoms. The lowest BCUT2D eigenvalue weighted by Crippen LogP contribution is -2.50. The second-order valence-corrected chi connectivity index (χ2v) is 6.31. The summed E-state index contributed by atoms with van der Waals surface area (Å²) in [5, 5.41) is 0. The molecule has 120 valence electrons. The molecule has 0 aliphatic carbocycles. The van der Waals surface area contributed by atoms with Gasteiger partial charge in [-0.2, -0.15) is 0 Å². The molecule has 0 atom stereocenters. The number of nitrogen functional groups attached to an aromatic ring is 1. The molecule has 0 saturated carbocycles. The number of anilines is 3. The molecule has 0 fully saturated rings. The van der Waals surface area contributed by atoms with E-state index in [-0.39, 0.29) is 11.7 Å². The fourth-order valence-electron chi connectivity index (χ4n) is 2.78. The van der Waals surface area contributed by atoms with Gasteiger partial charge >= 0.3 is 0 Å². The summed E-state index contributed by atoms with van der Waals surface area (Å²) in [6.45, 7) is 7.18. The maximum Gasteiger partial charge on any atom is 0.275 e. The number of hydrogen-bond acceptors (Lipinski definition) is 3. The number of carbonyl (C=O) groups is 1. The van der Waals surface area contributed by atoms with E-state index in [0.29, 0.717) is 22.8 Å². The zero-order chi connectivity index (χ0) is 16.9. The molecule has 3 rings (SSSR count). The van der Waals surface area contributed by atoms with E-state index in [1.54, 1.807) is 30.9 Å². The maximum absolute atomic E-state index is 13.2. The lowest BCUT2D eigenvalue weighted by molar-refractivity contribution is -0.131. The highest BCUT2D eigenvalue weighted by Gasteiger charge is 2.42. The molecule has 0 saturated heterocycles. The Bertz CT molecular complexity index is 798. The summed E-state index contributed by atoms with van der Waals surface area (Å²) >= 11 is 0. The van der Waals surface area contributed by atoms with Crippen molar-refractivity contribution in [2.24, 2.45) is 0 Å². The fourth-order valence-corrected chi connectivity index (χ4v) is 2.78. The van der Waals surface area contributed by atoms with Crippen LogP contribution in [0.15, 0.2) is 30.3 Å². The van der Waals surface area contributed by atoms with Crippen LogP contribution >= 0.6 is 0 Å². The molecule has 1 aliphatic heterocycles. The molecule has 0 bridgehead atoms. The highest BCUT2D eigenvalue weighted by Crippen LogP contribution is 2.46. The summed E-state index contributed by atoms with van der Waals surface area (Å²) < 4.78 is 19.2. The van der Waals surface area contributed by atoms with Crippen molar-refractivity contribution in [2.75, 3.05) is 10.6 Å². The molecule has 2 aromatic rings. The summed E-state index contributed by atoms with van der Waals surface area (Å²) in [5.41, 5.74) is 8.60. The number of aryl methyl sites for hydroxylation is 1. The maximum atomic E-state index is 13.2. The number of nitrogens with two attached hydrogens (primary N) is 1. The van der Waals surface area contributed by atoms with Gasteiger partial charge in [-0.15, -0.1) is 0 Å². The van der Waals surface area contributed by atoms with Gasteiger partial charge in [-0.25, -0.2) is 4.39 Å². The van der Waals surface area contributed by atoms with Crippen LogP contribution in [0.3, 0.4) is 0 Å². The molecule has 0 spiro atoms. The molecule has 2 aromatic carbocycles. The minimum absolute atomic E-state index is 0.208. The molecular formula is C18H19FN2O2. The second-order valence-electron chi connectivity index (χ2n) is 6.31. The van der Waals surface area contributed by atoms with Crippen molar-refractivity contribution < 1.29 is 13.9 Å². The summed E-state index contributed by atoms with van der Waals surface area (Å²) in [5.74, 6) is 0.0285. The lowest BCUT2D eigenvalue weighted by Gasteiger charge is -2.40. The normalized spacial score (nSPS) is 16.0. The Labute approximate surface area is 134 Å². The van der Waals surface area contributed by atoms with Crippen molar-refractivity contribution in [3.05, 3.63) is 47.3 Å². The molecule has 0 unspecified atom stereocenters. The minimum atomic E-state index is -1.03. The van der Waals surface area contributed by atoms with E-state index >= 15 is 0 Å². The third-order valence-electron chi connectivity index (χ3n) is 4.16. The van der Waals surface area contributed by atoms with E-state index in [1.807, 2.05) is 19.9 Å². The molecule has 1 heterocycles. The first-order chi connectivity index (χ1) is 10.7. The quantitative estimate of drug-likeness (QED) is 0.813. The zero-order valence-electron chi connectivity index (χ0n) is 13.6. The van der Waals surface area contributed by atoms with E-state index in [1.165, 1.54) is 12.1 Å². The van der Waals surface area contributed by atoms with Crippen LogP contribution in [0, 0.1) is 19.7 Å². The number of nitrogens with zero attached hydrogens (tertiary/aromatic N) is 1. The van der Waals surface area contributed by atoms with E-state index in [9.17, 15) is 9.18 Å². The van der Waals surface area contributed by atoms with Gasteiger partial charge in [0.15, 0.2) is 5.60 Å². The lowest BCUT2D eigenvalue weighted by atomic mass is 9.98. The van der Waals surface area contributed by atoms with Gasteiger partial charge in [-0.05, 0) is 63.6 Å². The molecule has 4 nitrogen and oxygen atoms in total. The van der Waals surface area contributed by atoms with Crippen molar-refractivity contribution in [2.45, 2.75) is 33.3 Å². The number of carbonyl (C=O) groups excluding carboxylic acids is 1. The molecule has 1 aliphatic rings. The first-order valence-electron chi connectivity index (χ1n) is 7.41. The summed E-state index contributed by atoms with van der Waals surface area (Å²) in [6.07, 6.45) is 0. The summed E-state index contributed by atoms with van der Waals surface area (Å²) in [7, 11) is 0. The Kier molecular flexibility index (Phi) is 3.32. The first-order valence-corrected chi connectivity index (χ1v) is 7.41. The smallest absolute Gasteiger partial charge is 0.275 e. The predicted octanol–water partition coefficient (Wildman–Crippen LogP) is 3.86. The molecule has 0 aromatic heterocycles. The van der Waals surface area contributed by atoms with E-state index in [4.69, 9.17) is 10.5 Å². The van der Waals surface area contributed by atoms with E-state index in [2.05, 4.69) is 0 Å². The SMILES string of the molecule is Cc1cc2c(c(C)c1N)OC(C)(C)C(=O)N2c1ccc(F)cc1. The van der Waals surface area contributed by atoms with Crippen molar-refractivity contribution in [3.63, 3.8) is 0 Å². The number of halogens is 1. The van der Waals surface area contributed by atoms with Crippen LogP contribution in [0.5, 0.6) is 5.75 Å². The van der Waals surface area contributed by atoms with Crippen molar-refractivity contribution >= 4 is 23.0 Å². The Hall–Kier alpha value is -2.56. The van der Waals surface area contributed by atoms with Gasteiger partial charge in [-0.1, -0.05) is 0 Å². The summed E-state index contributed by atoms with van der Waals surface area (Å²) in [6, 6.07) is 7.66. The van der Waals surface area contributed by atoms with Crippen LogP contribution < -0.4 is 15.4 Å². The Balaban J connectivity index is 2.27. The number of rotatable bonds is 1. The van der Waals surface area contributed by atoms with E-state index in [0.717, 1.165) is 11.1 Å². The average molecular weight is 314 g/mol. The fraction of sp³-hybridized carbons (Fsp3) is 0.278. The van der Waals surface area contributed by atoms with Gasteiger partial charge in [0, 0.05) is 16.9 Å². The van der Waals surface area contributed by atoms with Crippen LogP contribution in [0.4, 0.5) is 21.5 Å². The highest BCUT2D eigenvalue weighted by atomic mass is 19.1. The second kappa shape index (κ2) is 4.98. The molecule has 0 radical (unpaired) electrons. The third kappa shape index (κ3) is 2.32. The van der Waals surface area contributed by atoms with Gasteiger partial charge in [0.25, 0.3) is 5.91 Å². The topological polar surface area (TPSA) is 55.6 Å². The van der Waals surface area contributed by atoms with Crippen LogP contribution in [0.25, 0.3) is 0 Å². The minimum Gasteiger partial charge on any atom is -0.475 e. The third-order valence-corrected chi connectivity index (χ3v) is 4.16. The molecular weight excluding hydrogens is 295 g/mol. The van der Waals surface area contributed by atoms with Gasteiger partial charge < -0.3 is 10.5 Å². The number of benzene rings is 2. The monoisotopic (exact) mass is 314 g/mol. The van der Waals surface area contributed by atoms with Crippen LogP contribution in [0.1, 0.15) is 25.0 Å². The summed E-state index contributed by atoms with van der Waals surface area (Å²) in [4.78, 5) is 14.4.